The van der Waals surface area contributed by atoms with E-state index in [0.29, 0.717) is 19.5 Å². The number of nitrogens with zero attached hydrogens (tertiary/aromatic N) is 2. The van der Waals surface area contributed by atoms with Crippen LogP contribution in [0.1, 0.15) is 26.2 Å². The molecule has 1 N–H and O–H groups in total. The summed E-state index contributed by atoms with van der Waals surface area (Å²) in [7, 11) is 0. The largest absolute Gasteiger partial charge is 0.396 e. The summed E-state index contributed by atoms with van der Waals surface area (Å²) in [6.07, 6.45) is 3.80. The molecule has 0 aliphatic heterocycles. The average Bonchev–Trinajstić information content (AvgIpc) is 2.28. The van der Waals surface area contributed by atoms with Crippen molar-refractivity contribution in [3.8, 4) is 0 Å². The maximum Gasteiger partial charge on any atom is 0.330 e. The molecular weight excluding hydrogens is 208 g/mol. The van der Waals surface area contributed by atoms with Crippen LogP contribution in [0.25, 0.3) is 0 Å². The molecule has 0 amide bonds. The summed E-state index contributed by atoms with van der Waals surface area (Å²) in [6.45, 7) is 3.01. The van der Waals surface area contributed by atoms with Crippen molar-refractivity contribution in [2.24, 2.45) is 0 Å². The summed E-state index contributed by atoms with van der Waals surface area (Å²) >= 11 is 0. The zero-order chi connectivity index (χ0) is 12.0. The molecule has 0 fully saturated rings. The predicted octanol–water partition coefficient (Wildman–Crippen LogP) is 0.192. The lowest BCUT2D eigenvalue weighted by Crippen LogP contribution is -2.38. The van der Waals surface area contributed by atoms with Gasteiger partial charge in [-0.1, -0.05) is 0 Å². The number of hydrogen-bond acceptors (Lipinski definition) is 3. The summed E-state index contributed by atoms with van der Waals surface area (Å²) in [5, 5.41) is 8.62. The third kappa shape index (κ3) is 3.06. The number of rotatable bonds is 6. The van der Waals surface area contributed by atoms with Crippen LogP contribution in [-0.2, 0) is 13.1 Å². The number of aliphatic hydroxyl groups is 1. The number of aliphatic hydroxyl groups excluding tert-OH is 1. The highest BCUT2D eigenvalue weighted by molar-refractivity contribution is 4.86. The van der Waals surface area contributed by atoms with Crippen LogP contribution in [0.2, 0.25) is 0 Å². The topological polar surface area (TPSA) is 64.2 Å². The Labute approximate surface area is 94.0 Å². The Morgan fingerprint density at radius 1 is 1.25 bits per heavy atom. The lowest BCUT2D eigenvalue weighted by atomic mass is 10.2. The van der Waals surface area contributed by atoms with E-state index in [9.17, 15) is 9.59 Å². The van der Waals surface area contributed by atoms with E-state index in [1.807, 2.05) is 6.92 Å². The van der Waals surface area contributed by atoms with Gasteiger partial charge in [0.2, 0.25) is 0 Å². The Hall–Kier alpha value is -1.36. The maximum absolute atomic E-state index is 11.8. The Morgan fingerprint density at radius 3 is 2.62 bits per heavy atom. The first kappa shape index (κ1) is 12.7. The monoisotopic (exact) mass is 226 g/mol. The second-order valence-corrected chi connectivity index (χ2v) is 3.66. The predicted molar refractivity (Wildman–Crippen MR) is 61.6 cm³/mol. The van der Waals surface area contributed by atoms with Crippen LogP contribution in [0.15, 0.2) is 21.9 Å². The molecule has 1 rings (SSSR count). The maximum atomic E-state index is 11.8. The standard InChI is InChI=1S/C11H18N2O3/c1-2-12-8-6-10(15)13(11(12)16)7-4-3-5-9-14/h6,8,14H,2-5,7,9H2,1H3. The molecule has 90 valence electrons. The van der Waals surface area contributed by atoms with Crippen LogP contribution in [-0.4, -0.2) is 20.8 Å². The number of unbranched alkanes of at least 4 members (excludes halogenated alkanes) is 2. The minimum atomic E-state index is -0.251. The summed E-state index contributed by atoms with van der Waals surface area (Å²) < 4.78 is 2.76. The van der Waals surface area contributed by atoms with Crippen LogP contribution in [0, 0.1) is 0 Å². The Bertz CT molecular complexity index is 434. The van der Waals surface area contributed by atoms with E-state index in [4.69, 9.17) is 5.11 Å². The van der Waals surface area contributed by atoms with Gasteiger partial charge in [-0.2, -0.15) is 0 Å². The molecule has 5 nitrogen and oxygen atoms in total. The van der Waals surface area contributed by atoms with E-state index in [2.05, 4.69) is 0 Å². The minimum absolute atomic E-state index is 0.156. The van der Waals surface area contributed by atoms with Crippen LogP contribution in [0.5, 0.6) is 0 Å². The smallest absolute Gasteiger partial charge is 0.330 e. The van der Waals surface area contributed by atoms with E-state index >= 15 is 0 Å². The number of hydrogen-bond donors (Lipinski definition) is 1. The molecule has 0 spiro atoms. The number of aryl methyl sites for hydroxylation is 1. The zero-order valence-electron chi connectivity index (χ0n) is 9.56. The second-order valence-electron chi connectivity index (χ2n) is 3.66. The first-order valence-electron chi connectivity index (χ1n) is 5.62. The second kappa shape index (κ2) is 6.27. The Morgan fingerprint density at radius 2 is 2.00 bits per heavy atom. The summed E-state index contributed by atoms with van der Waals surface area (Å²) in [6, 6.07) is 1.41. The van der Waals surface area contributed by atoms with Crippen molar-refractivity contribution in [2.75, 3.05) is 6.61 Å². The van der Waals surface area contributed by atoms with Crippen LogP contribution >= 0.6 is 0 Å². The first-order chi connectivity index (χ1) is 7.70. The molecule has 1 heterocycles. The Balaban J connectivity index is 2.78. The lowest BCUT2D eigenvalue weighted by molar-refractivity contribution is 0.281. The van der Waals surface area contributed by atoms with Gasteiger partial charge in [-0.25, -0.2) is 4.79 Å². The van der Waals surface area contributed by atoms with Gasteiger partial charge in [-0.15, -0.1) is 0 Å². The first-order valence-corrected chi connectivity index (χ1v) is 5.62. The molecule has 16 heavy (non-hydrogen) atoms. The third-order valence-corrected chi connectivity index (χ3v) is 2.52. The van der Waals surface area contributed by atoms with Crippen molar-refractivity contribution in [1.82, 2.24) is 9.13 Å². The molecule has 0 radical (unpaired) electrons. The summed E-state index contributed by atoms with van der Waals surface area (Å²) in [5.41, 5.74) is -0.502. The zero-order valence-corrected chi connectivity index (χ0v) is 9.56. The van der Waals surface area contributed by atoms with Crippen molar-refractivity contribution >= 4 is 0 Å². The molecule has 0 saturated carbocycles. The van der Waals surface area contributed by atoms with Crippen LogP contribution in [0.4, 0.5) is 0 Å². The van der Waals surface area contributed by atoms with Gasteiger partial charge < -0.3 is 9.67 Å². The van der Waals surface area contributed by atoms with E-state index in [0.717, 1.165) is 12.8 Å². The lowest BCUT2D eigenvalue weighted by Gasteiger charge is -2.07. The minimum Gasteiger partial charge on any atom is -0.396 e. The fraction of sp³-hybridized carbons (Fsp3) is 0.636. The fourth-order valence-electron chi connectivity index (χ4n) is 1.56. The van der Waals surface area contributed by atoms with Crippen LogP contribution in [0.3, 0.4) is 0 Å². The van der Waals surface area contributed by atoms with E-state index < -0.39 is 0 Å². The van der Waals surface area contributed by atoms with Gasteiger partial charge in [0.15, 0.2) is 0 Å². The molecule has 0 aromatic carbocycles. The van der Waals surface area contributed by atoms with Crippen molar-refractivity contribution in [3.63, 3.8) is 0 Å². The fourth-order valence-corrected chi connectivity index (χ4v) is 1.56. The van der Waals surface area contributed by atoms with E-state index in [1.54, 1.807) is 0 Å². The molecular formula is C11H18N2O3. The van der Waals surface area contributed by atoms with Gasteiger partial charge in [-0.05, 0) is 26.2 Å². The van der Waals surface area contributed by atoms with Gasteiger partial charge in [0.1, 0.15) is 0 Å². The van der Waals surface area contributed by atoms with Gasteiger partial charge in [0.05, 0.1) is 0 Å². The molecule has 0 aliphatic rings. The third-order valence-electron chi connectivity index (χ3n) is 2.52. The van der Waals surface area contributed by atoms with E-state index in [1.165, 1.54) is 21.4 Å². The van der Waals surface area contributed by atoms with Crippen molar-refractivity contribution in [3.05, 3.63) is 33.1 Å². The van der Waals surface area contributed by atoms with Crippen molar-refractivity contribution < 1.29 is 5.11 Å². The molecule has 0 saturated heterocycles. The van der Waals surface area contributed by atoms with Gasteiger partial charge in [0.25, 0.3) is 5.56 Å². The molecule has 0 aliphatic carbocycles. The SMILES string of the molecule is CCn1ccc(=O)n(CCCCCO)c1=O. The molecule has 0 bridgehead atoms. The molecule has 0 atom stereocenters. The van der Waals surface area contributed by atoms with Gasteiger partial charge in [0, 0.05) is 32.0 Å². The highest BCUT2D eigenvalue weighted by atomic mass is 16.3. The molecule has 1 aromatic heterocycles. The summed E-state index contributed by atoms with van der Waals surface area (Å²) in [5.74, 6) is 0. The molecule has 5 heteroatoms. The highest BCUT2D eigenvalue weighted by Gasteiger charge is 2.03. The highest BCUT2D eigenvalue weighted by Crippen LogP contribution is 1.95. The van der Waals surface area contributed by atoms with Crippen LogP contribution < -0.4 is 11.2 Å². The number of aromatic nitrogens is 2. The normalized spacial score (nSPS) is 10.6. The van der Waals surface area contributed by atoms with Crippen molar-refractivity contribution in [2.45, 2.75) is 39.3 Å². The quantitative estimate of drug-likeness (QED) is 0.704. The Kier molecular flexibility index (Phi) is 4.98. The molecule has 0 unspecified atom stereocenters. The summed E-state index contributed by atoms with van der Waals surface area (Å²) in [4.78, 5) is 23.2. The molecule has 1 aromatic rings. The van der Waals surface area contributed by atoms with Crippen molar-refractivity contribution in [1.29, 1.82) is 0 Å². The average molecular weight is 226 g/mol. The van der Waals surface area contributed by atoms with Gasteiger partial charge >= 0.3 is 5.69 Å². The van der Waals surface area contributed by atoms with E-state index in [-0.39, 0.29) is 17.9 Å². The van der Waals surface area contributed by atoms with Gasteiger partial charge in [-0.3, -0.25) is 9.36 Å².